The number of rotatable bonds is 4. The lowest BCUT2D eigenvalue weighted by Gasteiger charge is -2.14. The van der Waals surface area contributed by atoms with Crippen molar-refractivity contribution in [3.05, 3.63) is 35.4 Å². The minimum Gasteiger partial charge on any atom is -0.393 e. The van der Waals surface area contributed by atoms with Crippen molar-refractivity contribution >= 4 is 5.91 Å². The Bertz CT molecular complexity index is 420. The number of alkyl halides is 3. The molecule has 0 heterocycles. The number of carbonyl (C=O) groups excluding carboxylic acids is 1. The molecule has 0 bridgehead atoms. The molecule has 0 fully saturated rings. The van der Waals surface area contributed by atoms with Gasteiger partial charge in [-0.25, -0.2) is 0 Å². The average Bonchev–Trinajstić information content (AvgIpc) is 2.34. The highest BCUT2D eigenvalue weighted by molar-refractivity contribution is 5.81. The summed E-state index contributed by atoms with van der Waals surface area (Å²) in [6.07, 6.45) is -6.13. The molecule has 0 aliphatic carbocycles. The molecule has 1 atom stereocenters. The highest BCUT2D eigenvalue weighted by atomic mass is 19.4. The molecule has 0 saturated heterocycles. The van der Waals surface area contributed by atoms with Gasteiger partial charge in [-0.05, 0) is 11.1 Å². The van der Waals surface area contributed by atoms with Crippen molar-refractivity contribution in [2.45, 2.75) is 18.8 Å². The van der Waals surface area contributed by atoms with Gasteiger partial charge in [-0.15, -0.1) is 0 Å². The van der Waals surface area contributed by atoms with E-state index < -0.39 is 24.8 Å². The zero-order valence-electron chi connectivity index (χ0n) is 9.24. The first-order valence-electron chi connectivity index (χ1n) is 5.08. The quantitative estimate of drug-likeness (QED) is 0.755. The van der Waals surface area contributed by atoms with Crippen LogP contribution in [0.2, 0.25) is 0 Å². The van der Waals surface area contributed by atoms with Gasteiger partial charge in [-0.2, -0.15) is 13.2 Å². The van der Waals surface area contributed by atoms with Crippen molar-refractivity contribution < 1.29 is 28.2 Å². The van der Waals surface area contributed by atoms with Gasteiger partial charge in [-0.1, -0.05) is 24.3 Å². The maximum absolute atomic E-state index is 12.0. The van der Waals surface area contributed by atoms with Crippen molar-refractivity contribution in [2.75, 3.05) is 6.61 Å². The van der Waals surface area contributed by atoms with Gasteiger partial charge in [0.05, 0.1) is 6.61 Å². The van der Waals surface area contributed by atoms with E-state index >= 15 is 0 Å². The number of aliphatic hydroxyl groups is 2. The van der Waals surface area contributed by atoms with E-state index in [4.69, 9.17) is 5.11 Å². The third-order valence-corrected chi connectivity index (χ3v) is 2.28. The zero-order valence-corrected chi connectivity index (χ0v) is 9.24. The maximum atomic E-state index is 12.0. The molecule has 0 aliphatic heterocycles. The van der Waals surface area contributed by atoms with Crippen LogP contribution in [0.4, 0.5) is 13.2 Å². The summed E-state index contributed by atoms with van der Waals surface area (Å²) >= 11 is 0. The molecule has 7 heteroatoms. The molecule has 0 aliphatic rings. The Morgan fingerprint density at radius 1 is 1.33 bits per heavy atom. The van der Waals surface area contributed by atoms with E-state index in [-0.39, 0.29) is 12.1 Å². The highest BCUT2D eigenvalue weighted by Crippen LogP contribution is 2.19. The van der Waals surface area contributed by atoms with E-state index in [1.54, 1.807) is 17.4 Å². The fraction of sp³-hybridized carbons (Fsp3) is 0.364. The summed E-state index contributed by atoms with van der Waals surface area (Å²) in [5.74, 6) is -2.05. The molecule has 1 aromatic carbocycles. The van der Waals surface area contributed by atoms with Crippen molar-refractivity contribution in [1.29, 1.82) is 0 Å². The van der Waals surface area contributed by atoms with E-state index in [9.17, 15) is 23.1 Å². The second-order valence-corrected chi connectivity index (χ2v) is 3.58. The molecular formula is C11H12F3NO3. The number of nitrogens with one attached hydrogen (secondary N) is 1. The topological polar surface area (TPSA) is 69.6 Å². The van der Waals surface area contributed by atoms with Crippen LogP contribution in [0, 0.1) is 0 Å². The van der Waals surface area contributed by atoms with E-state index in [2.05, 4.69) is 0 Å². The van der Waals surface area contributed by atoms with Gasteiger partial charge in [0.2, 0.25) is 0 Å². The van der Waals surface area contributed by atoms with Gasteiger partial charge in [0, 0.05) is 6.54 Å². The lowest BCUT2D eigenvalue weighted by molar-refractivity contribution is -0.173. The minimum absolute atomic E-state index is 0.280. The summed E-state index contributed by atoms with van der Waals surface area (Å²) < 4.78 is 35.9. The number of halogens is 3. The van der Waals surface area contributed by atoms with Gasteiger partial charge < -0.3 is 15.5 Å². The van der Waals surface area contributed by atoms with Crippen molar-refractivity contribution in [2.24, 2.45) is 0 Å². The van der Waals surface area contributed by atoms with Gasteiger partial charge in [-0.3, -0.25) is 4.79 Å². The summed E-state index contributed by atoms with van der Waals surface area (Å²) in [7, 11) is 0. The van der Waals surface area contributed by atoms with E-state index in [0.717, 1.165) is 0 Å². The first-order chi connectivity index (χ1) is 8.36. The molecular weight excluding hydrogens is 251 g/mol. The summed E-state index contributed by atoms with van der Waals surface area (Å²) in [5.41, 5.74) is 0.596. The van der Waals surface area contributed by atoms with Gasteiger partial charge in [0.25, 0.3) is 0 Å². The lowest BCUT2D eigenvalue weighted by Crippen LogP contribution is -2.36. The molecule has 0 aromatic heterocycles. The van der Waals surface area contributed by atoms with Gasteiger partial charge in [0.1, 0.15) is 6.10 Å². The molecule has 100 valence electrons. The molecule has 0 unspecified atom stereocenters. The van der Waals surface area contributed by atoms with Crippen molar-refractivity contribution in [1.82, 2.24) is 5.32 Å². The predicted octanol–water partition coefficient (Wildman–Crippen LogP) is 0.891. The van der Waals surface area contributed by atoms with Crippen LogP contribution in [0.25, 0.3) is 0 Å². The van der Waals surface area contributed by atoms with Crippen LogP contribution < -0.4 is 5.32 Å². The predicted molar refractivity (Wildman–Crippen MR) is 56.4 cm³/mol. The Labute approximate surface area is 101 Å². The SMILES string of the molecule is O=C(NCc1ccccc1[C@H](O)CO)C(F)(F)F. The van der Waals surface area contributed by atoms with Crippen LogP contribution >= 0.6 is 0 Å². The lowest BCUT2D eigenvalue weighted by atomic mass is 10.0. The fourth-order valence-electron chi connectivity index (χ4n) is 1.39. The fourth-order valence-corrected chi connectivity index (χ4v) is 1.39. The van der Waals surface area contributed by atoms with Gasteiger partial charge in [0.15, 0.2) is 0 Å². The molecule has 4 nitrogen and oxygen atoms in total. The minimum atomic E-state index is -4.94. The van der Waals surface area contributed by atoms with E-state index in [0.29, 0.717) is 5.56 Å². The Balaban J connectivity index is 2.76. The molecule has 1 amide bonds. The summed E-state index contributed by atoms with van der Waals surface area (Å²) in [5, 5.41) is 20.0. The first kappa shape index (κ1) is 14.5. The molecule has 0 saturated carbocycles. The standard InChI is InChI=1S/C11H12F3NO3/c12-11(13,14)10(18)15-5-7-3-1-2-4-8(7)9(17)6-16/h1-4,9,16-17H,5-6H2,(H,15,18)/t9-/m1/s1. The number of hydrogen-bond donors (Lipinski definition) is 3. The highest BCUT2D eigenvalue weighted by Gasteiger charge is 2.38. The number of amides is 1. The molecule has 0 radical (unpaired) electrons. The van der Waals surface area contributed by atoms with Crippen molar-refractivity contribution in [3.8, 4) is 0 Å². The second-order valence-electron chi connectivity index (χ2n) is 3.58. The van der Waals surface area contributed by atoms with Crippen LogP contribution in [-0.4, -0.2) is 28.9 Å². The number of hydrogen-bond acceptors (Lipinski definition) is 3. The Morgan fingerprint density at radius 3 is 2.50 bits per heavy atom. The Hall–Kier alpha value is -1.60. The zero-order chi connectivity index (χ0) is 13.8. The number of aliphatic hydroxyl groups excluding tert-OH is 2. The molecule has 1 aromatic rings. The number of benzene rings is 1. The van der Waals surface area contributed by atoms with Crippen LogP contribution in [0.15, 0.2) is 24.3 Å². The monoisotopic (exact) mass is 263 g/mol. The third-order valence-electron chi connectivity index (χ3n) is 2.28. The summed E-state index contributed by atoms with van der Waals surface area (Å²) in [6, 6.07) is 6.06. The van der Waals surface area contributed by atoms with E-state index in [1.165, 1.54) is 12.1 Å². The molecule has 0 spiro atoms. The summed E-state index contributed by atoms with van der Waals surface area (Å²) in [6.45, 7) is -0.921. The van der Waals surface area contributed by atoms with E-state index in [1.807, 2.05) is 0 Å². The third kappa shape index (κ3) is 3.71. The first-order valence-corrected chi connectivity index (χ1v) is 5.08. The number of carbonyl (C=O) groups is 1. The van der Waals surface area contributed by atoms with Crippen LogP contribution in [0.3, 0.4) is 0 Å². The second kappa shape index (κ2) is 5.83. The van der Waals surface area contributed by atoms with Gasteiger partial charge >= 0.3 is 12.1 Å². The maximum Gasteiger partial charge on any atom is 0.471 e. The molecule has 1 rings (SSSR count). The van der Waals surface area contributed by atoms with Crippen LogP contribution in [0.1, 0.15) is 17.2 Å². The Morgan fingerprint density at radius 2 is 1.94 bits per heavy atom. The largest absolute Gasteiger partial charge is 0.471 e. The average molecular weight is 263 g/mol. The Kier molecular flexibility index (Phi) is 4.69. The normalized spacial score (nSPS) is 13.2. The molecule has 18 heavy (non-hydrogen) atoms. The van der Waals surface area contributed by atoms with Crippen LogP contribution in [-0.2, 0) is 11.3 Å². The van der Waals surface area contributed by atoms with Crippen LogP contribution in [0.5, 0.6) is 0 Å². The smallest absolute Gasteiger partial charge is 0.393 e. The molecule has 3 N–H and O–H groups in total. The summed E-state index contributed by atoms with van der Waals surface area (Å²) in [4.78, 5) is 10.6. The van der Waals surface area contributed by atoms with Crippen molar-refractivity contribution in [3.63, 3.8) is 0 Å².